The lowest BCUT2D eigenvalue weighted by atomic mass is 9.75. The van der Waals surface area contributed by atoms with Gasteiger partial charge in [-0.3, -0.25) is 15.1 Å². The van der Waals surface area contributed by atoms with Gasteiger partial charge in [0.1, 0.15) is 11.8 Å². The highest BCUT2D eigenvalue weighted by Crippen LogP contribution is 2.41. The number of hydrogen-bond donors (Lipinski definition) is 4. The predicted octanol–water partition coefficient (Wildman–Crippen LogP) is 3.24. The van der Waals surface area contributed by atoms with E-state index in [4.69, 9.17) is 22.3 Å². The number of nitrogens with zero attached hydrogens (tertiary/aromatic N) is 3. The molecule has 1 atom stereocenters. The third-order valence-corrected chi connectivity index (χ3v) is 6.28. The number of anilines is 2. The zero-order valence-electron chi connectivity index (χ0n) is 17.2. The molecular weight excluding hydrogens is 416 g/mol. The summed E-state index contributed by atoms with van der Waals surface area (Å²) in [5.74, 6) is -0.151. The van der Waals surface area contributed by atoms with Crippen molar-refractivity contribution in [1.29, 1.82) is 10.7 Å². The molecule has 0 unspecified atom stereocenters. The number of carbonyl (C=O) groups is 1. The molecule has 1 aliphatic carbocycles. The van der Waals surface area contributed by atoms with E-state index < -0.39 is 11.1 Å². The van der Waals surface area contributed by atoms with Crippen molar-refractivity contribution >= 4 is 34.8 Å². The number of carbonyl (C=O) groups excluding carboxylic acids is 1. The summed E-state index contributed by atoms with van der Waals surface area (Å²) in [6, 6.07) is 10.6. The van der Waals surface area contributed by atoms with E-state index in [0.29, 0.717) is 40.5 Å². The lowest BCUT2D eigenvalue weighted by Gasteiger charge is -2.50. The van der Waals surface area contributed by atoms with E-state index in [1.807, 2.05) is 31.2 Å². The van der Waals surface area contributed by atoms with Gasteiger partial charge in [0.05, 0.1) is 40.2 Å². The summed E-state index contributed by atoms with van der Waals surface area (Å²) in [5.41, 5.74) is 0.680. The van der Waals surface area contributed by atoms with Crippen LogP contribution in [0.3, 0.4) is 0 Å². The normalized spacial score (nSPS) is 27.8. The monoisotopic (exact) mass is 438 g/mol. The third-order valence-electron chi connectivity index (χ3n) is 5.87. The number of nitrogens with one attached hydrogen (secondary N) is 3. The van der Waals surface area contributed by atoms with Crippen LogP contribution in [0.5, 0.6) is 0 Å². The van der Waals surface area contributed by atoms with Crippen LogP contribution in [0, 0.1) is 16.7 Å². The average Bonchev–Trinajstić information content (AvgIpc) is 2.68. The second kappa shape index (κ2) is 7.52. The first kappa shape index (κ1) is 21.1. The number of rotatable bonds is 4. The predicted molar refractivity (Wildman–Crippen MR) is 117 cm³/mol. The minimum Gasteiger partial charge on any atom is -0.390 e. The van der Waals surface area contributed by atoms with Crippen molar-refractivity contribution in [3.05, 3.63) is 52.8 Å². The van der Waals surface area contributed by atoms with Gasteiger partial charge in [0.25, 0.3) is 0 Å². The molecule has 1 aliphatic heterocycles. The van der Waals surface area contributed by atoms with E-state index in [-0.39, 0.29) is 24.3 Å². The highest BCUT2D eigenvalue weighted by molar-refractivity contribution is 6.34. The van der Waals surface area contributed by atoms with Gasteiger partial charge in [-0.2, -0.15) is 5.26 Å². The maximum atomic E-state index is 13.0. The molecule has 0 bridgehead atoms. The van der Waals surface area contributed by atoms with Gasteiger partial charge in [0.2, 0.25) is 5.91 Å². The van der Waals surface area contributed by atoms with E-state index in [2.05, 4.69) is 15.6 Å². The zero-order chi connectivity index (χ0) is 22.4. The fourth-order valence-corrected chi connectivity index (χ4v) is 4.69. The van der Waals surface area contributed by atoms with Crippen LogP contribution in [0.25, 0.3) is 0 Å². The van der Waals surface area contributed by atoms with Gasteiger partial charge in [-0.1, -0.05) is 23.7 Å². The summed E-state index contributed by atoms with van der Waals surface area (Å²) in [7, 11) is 0. The molecule has 0 radical (unpaired) electrons. The Hall–Kier alpha value is -3.15. The molecule has 160 valence electrons. The summed E-state index contributed by atoms with van der Waals surface area (Å²) in [6.07, 6.45) is 2.60. The number of pyridine rings is 1. The Morgan fingerprint density at radius 1 is 1.35 bits per heavy atom. The lowest BCUT2D eigenvalue weighted by Crippen LogP contribution is -2.66. The summed E-state index contributed by atoms with van der Waals surface area (Å²) >= 11 is 6.71. The number of halogens is 1. The molecule has 4 rings (SSSR count). The summed E-state index contributed by atoms with van der Waals surface area (Å²) < 4.78 is 0. The van der Waals surface area contributed by atoms with E-state index in [1.165, 1.54) is 4.90 Å². The fraction of sp³-hybridized carbons (Fsp3) is 0.364. The minimum absolute atomic E-state index is 0.0185. The summed E-state index contributed by atoms with van der Waals surface area (Å²) in [5, 5.41) is 34.1. The molecule has 1 aromatic carbocycles. The Balaban J connectivity index is 1.56. The average molecular weight is 439 g/mol. The Morgan fingerprint density at radius 3 is 2.68 bits per heavy atom. The first-order valence-corrected chi connectivity index (χ1v) is 10.3. The molecule has 9 heteroatoms. The molecule has 1 saturated carbocycles. The molecular formula is C22H23ClN6O2. The first-order chi connectivity index (χ1) is 14.6. The van der Waals surface area contributed by atoms with Crippen LogP contribution >= 0.6 is 11.6 Å². The maximum Gasteiger partial charge on any atom is 0.232 e. The van der Waals surface area contributed by atoms with Gasteiger partial charge in [-0.15, -0.1) is 0 Å². The molecule has 1 amide bonds. The number of amides is 1. The Kier molecular flexibility index (Phi) is 5.12. The smallest absolute Gasteiger partial charge is 0.232 e. The van der Waals surface area contributed by atoms with E-state index in [0.717, 1.165) is 0 Å². The Bertz CT molecular complexity index is 1070. The van der Waals surface area contributed by atoms with Crippen LogP contribution in [-0.4, -0.2) is 38.5 Å². The lowest BCUT2D eigenvalue weighted by molar-refractivity contribution is -0.139. The van der Waals surface area contributed by atoms with Gasteiger partial charge < -0.3 is 15.7 Å². The molecule has 31 heavy (non-hydrogen) atoms. The third kappa shape index (κ3) is 3.94. The van der Waals surface area contributed by atoms with Crippen LogP contribution in [-0.2, 0) is 10.3 Å². The van der Waals surface area contributed by atoms with Gasteiger partial charge in [0.15, 0.2) is 5.96 Å². The molecule has 8 nitrogen and oxygen atoms in total. The molecule has 1 saturated heterocycles. The second-order valence-corrected chi connectivity index (χ2v) is 9.02. The molecule has 1 aromatic heterocycles. The first-order valence-electron chi connectivity index (χ1n) is 9.95. The Labute approximate surface area is 185 Å². The molecule has 4 N–H and O–H groups in total. The van der Waals surface area contributed by atoms with Crippen LogP contribution in [0.4, 0.5) is 11.4 Å². The molecule has 2 fully saturated rings. The molecule has 2 heterocycles. The standard InChI is InChI=1S/C22H23ClN6O2/c1-21(31)8-15(9-21)29-18(30)10-22(2,28-20(29)25)16-4-3-5-17(19(16)23)27-14-7-6-13(11-24)26-12-14/h3-7,12,15,27,31H,8-10H2,1-2H3,(H2,25,28)/t15?,21?,22-/m0/s1. The van der Waals surface area contributed by atoms with Crippen molar-refractivity contribution in [3.63, 3.8) is 0 Å². The zero-order valence-corrected chi connectivity index (χ0v) is 18.0. The van der Waals surface area contributed by atoms with Crippen LogP contribution in [0.1, 0.15) is 44.4 Å². The molecule has 2 aromatic rings. The van der Waals surface area contributed by atoms with Crippen molar-refractivity contribution in [2.45, 2.75) is 50.3 Å². The van der Waals surface area contributed by atoms with E-state index in [1.54, 1.807) is 25.3 Å². The van der Waals surface area contributed by atoms with Crippen LogP contribution in [0.15, 0.2) is 36.5 Å². The number of nitriles is 1. The van der Waals surface area contributed by atoms with E-state index >= 15 is 0 Å². The van der Waals surface area contributed by atoms with Crippen molar-refractivity contribution in [2.75, 3.05) is 5.32 Å². The Morgan fingerprint density at radius 2 is 2.10 bits per heavy atom. The van der Waals surface area contributed by atoms with Crippen LogP contribution in [0.2, 0.25) is 5.02 Å². The van der Waals surface area contributed by atoms with Crippen LogP contribution < -0.4 is 10.6 Å². The second-order valence-electron chi connectivity index (χ2n) is 8.64. The topological polar surface area (TPSA) is 125 Å². The van der Waals surface area contributed by atoms with Crippen molar-refractivity contribution < 1.29 is 9.90 Å². The highest BCUT2D eigenvalue weighted by atomic mass is 35.5. The van der Waals surface area contributed by atoms with Gasteiger partial charge in [-0.05, 0) is 50.5 Å². The number of aliphatic hydroxyl groups is 1. The largest absolute Gasteiger partial charge is 0.390 e. The van der Waals surface area contributed by atoms with E-state index in [9.17, 15) is 9.90 Å². The summed E-state index contributed by atoms with van der Waals surface area (Å²) in [4.78, 5) is 18.4. The number of guanidine groups is 1. The number of aromatic nitrogens is 1. The molecule has 2 aliphatic rings. The quantitative estimate of drug-likeness (QED) is 0.580. The van der Waals surface area contributed by atoms with Gasteiger partial charge in [0, 0.05) is 6.04 Å². The summed E-state index contributed by atoms with van der Waals surface area (Å²) in [6.45, 7) is 3.59. The fourth-order valence-electron chi connectivity index (χ4n) is 4.31. The SMILES string of the molecule is CC1(O)CC(N2C(=N)N[C@](C)(c3cccc(Nc4ccc(C#N)nc4)c3Cl)CC2=O)C1. The van der Waals surface area contributed by atoms with Crippen molar-refractivity contribution in [1.82, 2.24) is 15.2 Å². The maximum absolute atomic E-state index is 13.0. The minimum atomic E-state index is -0.853. The van der Waals surface area contributed by atoms with Crippen molar-refractivity contribution in [3.8, 4) is 6.07 Å². The van der Waals surface area contributed by atoms with Crippen molar-refractivity contribution in [2.24, 2.45) is 0 Å². The highest BCUT2D eigenvalue weighted by Gasteiger charge is 2.49. The number of hydrogen-bond acceptors (Lipinski definition) is 6. The molecule has 0 spiro atoms. The van der Waals surface area contributed by atoms with Gasteiger partial charge >= 0.3 is 0 Å². The van der Waals surface area contributed by atoms with Gasteiger partial charge in [-0.25, -0.2) is 4.98 Å². The number of benzene rings is 1.